The predicted molar refractivity (Wildman–Crippen MR) is 109 cm³/mol. The zero-order valence-corrected chi connectivity index (χ0v) is 17.3. The van der Waals surface area contributed by atoms with Crippen molar-refractivity contribution >= 4 is 17.5 Å². The van der Waals surface area contributed by atoms with Gasteiger partial charge in [-0.3, -0.25) is 14.4 Å². The maximum Gasteiger partial charge on any atom is 0.330 e. The number of carbonyl (C=O) groups excluding carboxylic acids is 3. The summed E-state index contributed by atoms with van der Waals surface area (Å²) in [4.78, 5) is 40.3. The average molecular weight is 397 g/mol. The number of ether oxygens (including phenoxy) is 2. The van der Waals surface area contributed by atoms with Crippen LogP contribution in [0.1, 0.15) is 46.1 Å². The zero-order chi connectivity index (χ0) is 21.4. The lowest BCUT2D eigenvalue weighted by Crippen LogP contribution is -2.34. The van der Waals surface area contributed by atoms with Crippen LogP contribution >= 0.6 is 0 Å². The number of pyridine rings is 1. The van der Waals surface area contributed by atoms with Gasteiger partial charge in [0.25, 0.3) is 0 Å². The Bertz CT molecular complexity index is 838. The number of hydrogen-bond donors (Lipinski definition) is 0. The topological polar surface area (TPSA) is 82.6 Å². The van der Waals surface area contributed by atoms with Crippen molar-refractivity contribution < 1.29 is 23.9 Å². The molecule has 6 heteroatoms. The molecule has 0 aliphatic rings. The molecule has 0 amide bonds. The summed E-state index contributed by atoms with van der Waals surface area (Å²) in [6, 6.07) is 12.6. The molecule has 0 radical (unpaired) electrons. The number of benzene rings is 1. The summed E-state index contributed by atoms with van der Waals surface area (Å²) in [5, 5.41) is 0. The Labute approximate surface area is 171 Å². The van der Waals surface area contributed by atoms with Crippen LogP contribution in [0.15, 0.2) is 48.7 Å². The van der Waals surface area contributed by atoms with Gasteiger partial charge in [-0.2, -0.15) is 0 Å². The average Bonchev–Trinajstić information content (AvgIpc) is 2.65. The zero-order valence-electron chi connectivity index (χ0n) is 17.3. The Hall–Kier alpha value is -3.02. The van der Waals surface area contributed by atoms with E-state index in [4.69, 9.17) is 9.47 Å². The molecule has 0 bridgehead atoms. The minimum Gasteiger partial charge on any atom is -0.494 e. The number of rotatable bonds is 9. The quantitative estimate of drug-likeness (QED) is 0.362. The van der Waals surface area contributed by atoms with Gasteiger partial charge in [-0.1, -0.05) is 39.0 Å². The van der Waals surface area contributed by atoms with Crippen LogP contribution in [-0.4, -0.2) is 29.1 Å². The fourth-order valence-electron chi connectivity index (χ4n) is 2.73. The third kappa shape index (κ3) is 6.82. The summed E-state index contributed by atoms with van der Waals surface area (Å²) in [5.74, 6) is -2.61. The van der Waals surface area contributed by atoms with Crippen molar-refractivity contribution in [3.05, 3.63) is 54.2 Å². The molecule has 0 saturated carbocycles. The molecule has 2 rings (SSSR count). The van der Waals surface area contributed by atoms with Gasteiger partial charge in [0.2, 0.25) is 5.88 Å². The fraction of sp³-hybridized carbons (Fsp3) is 0.391. The lowest BCUT2D eigenvalue weighted by Gasteiger charge is -2.19. The van der Waals surface area contributed by atoms with Crippen molar-refractivity contribution in [1.82, 2.24) is 4.98 Å². The second kappa shape index (κ2) is 9.96. The Kier molecular flexibility index (Phi) is 7.65. The monoisotopic (exact) mass is 397 g/mol. The Morgan fingerprint density at radius 1 is 1.03 bits per heavy atom. The van der Waals surface area contributed by atoms with E-state index in [9.17, 15) is 14.4 Å². The van der Waals surface area contributed by atoms with E-state index in [1.54, 1.807) is 12.1 Å². The number of hydrogen-bond acceptors (Lipinski definition) is 6. The molecule has 1 aromatic carbocycles. The van der Waals surface area contributed by atoms with E-state index < -0.39 is 23.5 Å². The van der Waals surface area contributed by atoms with Gasteiger partial charge in [-0.25, -0.2) is 4.98 Å². The first-order valence-electron chi connectivity index (χ1n) is 9.57. The van der Waals surface area contributed by atoms with Crippen LogP contribution in [0.5, 0.6) is 11.6 Å². The number of ketones is 2. The normalized spacial score (nSPS) is 12.1. The van der Waals surface area contributed by atoms with Gasteiger partial charge in [-0.05, 0) is 42.5 Å². The highest BCUT2D eigenvalue weighted by Crippen LogP contribution is 2.24. The van der Waals surface area contributed by atoms with Crippen molar-refractivity contribution in [3.63, 3.8) is 0 Å². The van der Waals surface area contributed by atoms with Gasteiger partial charge in [0.05, 0.1) is 6.61 Å². The number of carbonyl (C=O) groups is 3. The molecule has 6 nitrogen and oxygen atoms in total. The van der Waals surface area contributed by atoms with E-state index in [0.29, 0.717) is 18.8 Å². The lowest BCUT2D eigenvalue weighted by molar-refractivity contribution is -0.148. The van der Waals surface area contributed by atoms with Gasteiger partial charge in [0.15, 0.2) is 17.5 Å². The van der Waals surface area contributed by atoms with Crippen LogP contribution < -0.4 is 9.47 Å². The summed E-state index contributed by atoms with van der Waals surface area (Å²) in [7, 11) is 0. The third-order valence-corrected chi connectivity index (χ3v) is 4.36. The Balaban J connectivity index is 1.84. The molecule has 0 aliphatic carbocycles. The molecule has 0 aliphatic heterocycles. The Morgan fingerprint density at radius 3 is 2.28 bits per heavy atom. The first kappa shape index (κ1) is 22.3. The van der Waals surface area contributed by atoms with Gasteiger partial charge < -0.3 is 9.47 Å². The largest absolute Gasteiger partial charge is 0.494 e. The number of Topliss-reactive ketones (excluding diaryl/α,β-unsaturated/α-hetero) is 2. The molecular weight excluding hydrogens is 370 g/mol. The molecule has 0 spiro atoms. The molecule has 154 valence electrons. The highest BCUT2D eigenvalue weighted by atomic mass is 16.5. The number of nitrogens with zero attached hydrogens (tertiary/aromatic N) is 1. The number of aromatic nitrogens is 1. The van der Waals surface area contributed by atoms with Crippen molar-refractivity contribution in [2.45, 2.75) is 46.0 Å². The van der Waals surface area contributed by atoms with Gasteiger partial charge in [0.1, 0.15) is 5.75 Å². The first-order chi connectivity index (χ1) is 13.7. The highest BCUT2D eigenvalue weighted by molar-refractivity contribution is 6.16. The summed E-state index contributed by atoms with van der Waals surface area (Å²) in [5.41, 5.74) is 1.27. The van der Waals surface area contributed by atoms with Crippen LogP contribution in [0.25, 0.3) is 0 Å². The summed E-state index contributed by atoms with van der Waals surface area (Å²) < 4.78 is 10.7. The molecule has 29 heavy (non-hydrogen) atoms. The molecule has 1 unspecified atom stereocenters. The van der Waals surface area contributed by atoms with Gasteiger partial charge >= 0.3 is 5.97 Å². The van der Waals surface area contributed by atoms with Crippen LogP contribution in [0, 0.1) is 5.92 Å². The van der Waals surface area contributed by atoms with Crippen molar-refractivity contribution in [1.29, 1.82) is 0 Å². The fourth-order valence-corrected chi connectivity index (χ4v) is 2.73. The summed E-state index contributed by atoms with van der Waals surface area (Å²) in [6.45, 7) is 7.92. The summed E-state index contributed by atoms with van der Waals surface area (Å²) >= 11 is 0. The predicted octanol–water partition coefficient (Wildman–Crippen LogP) is 3.92. The molecule has 1 atom stereocenters. The SMILES string of the molecule is CC(=O)C(C(=O)CCCOc1ccc(C(C)(C)C)cc1)C(=O)Oc1ccccn1. The maximum absolute atomic E-state index is 12.4. The second-order valence-corrected chi connectivity index (χ2v) is 7.83. The third-order valence-electron chi connectivity index (χ3n) is 4.36. The molecule has 0 fully saturated rings. The summed E-state index contributed by atoms with van der Waals surface area (Å²) in [6.07, 6.45) is 1.89. The van der Waals surface area contributed by atoms with E-state index in [2.05, 4.69) is 25.8 Å². The standard InChI is InChI=1S/C23H27NO5/c1-16(25)21(22(27)29-20-9-5-6-14-24-20)19(26)8-7-15-28-18-12-10-17(11-13-18)23(2,3)4/h5-6,9-14,21H,7-8,15H2,1-4H3. The van der Waals surface area contributed by atoms with Crippen molar-refractivity contribution in [3.8, 4) is 11.6 Å². The highest BCUT2D eigenvalue weighted by Gasteiger charge is 2.32. The lowest BCUT2D eigenvalue weighted by atomic mass is 9.87. The van der Waals surface area contributed by atoms with E-state index in [1.807, 2.05) is 24.3 Å². The second-order valence-electron chi connectivity index (χ2n) is 7.83. The Morgan fingerprint density at radius 2 is 1.72 bits per heavy atom. The first-order valence-corrected chi connectivity index (χ1v) is 9.57. The van der Waals surface area contributed by atoms with E-state index in [1.165, 1.54) is 24.8 Å². The van der Waals surface area contributed by atoms with Gasteiger partial charge in [-0.15, -0.1) is 0 Å². The van der Waals surface area contributed by atoms with E-state index in [0.717, 1.165) is 0 Å². The number of esters is 1. The minimum atomic E-state index is -1.44. The van der Waals surface area contributed by atoms with Crippen molar-refractivity contribution in [2.75, 3.05) is 6.61 Å². The minimum absolute atomic E-state index is 0.0433. The molecular formula is C23H27NO5. The van der Waals surface area contributed by atoms with Crippen molar-refractivity contribution in [2.24, 2.45) is 5.92 Å². The van der Waals surface area contributed by atoms with Gasteiger partial charge in [0, 0.05) is 18.7 Å². The van der Waals surface area contributed by atoms with Crippen LogP contribution in [0.4, 0.5) is 0 Å². The van der Waals surface area contributed by atoms with E-state index in [-0.39, 0.29) is 17.7 Å². The molecule has 0 N–H and O–H groups in total. The smallest absolute Gasteiger partial charge is 0.330 e. The van der Waals surface area contributed by atoms with E-state index >= 15 is 0 Å². The van der Waals surface area contributed by atoms with Crippen LogP contribution in [0.2, 0.25) is 0 Å². The van der Waals surface area contributed by atoms with Crippen LogP contribution in [-0.2, 0) is 19.8 Å². The molecule has 1 heterocycles. The van der Waals surface area contributed by atoms with Crippen LogP contribution in [0.3, 0.4) is 0 Å². The maximum atomic E-state index is 12.4. The molecule has 1 aromatic heterocycles. The molecule has 0 saturated heterocycles. The molecule has 2 aromatic rings.